The van der Waals surface area contributed by atoms with Gasteiger partial charge >= 0.3 is 0 Å². The molecule has 3 aromatic rings. The number of aryl methyl sites for hydroxylation is 1. The Morgan fingerprint density at radius 1 is 1.25 bits per heavy atom. The van der Waals surface area contributed by atoms with E-state index in [-0.39, 0.29) is 5.56 Å². The Bertz CT molecular complexity index is 1140. The first-order valence-electron chi connectivity index (χ1n) is 10.3. The molecule has 0 amide bonds. The number of benzene rings is 1. The molecule has 4 rings (SSSR count). The van der Waals surface area contributed by atoms with E-state index in [1.54, 1.807) is 13.8 Å². The minimum Gasteiger partial charge on any atom is -0.480 e. The Kier molecular flexibility index (Phi) is 6.05. The van der Waals surface area contributed by atoms with Gasteiger partial charge in [0, 0.05) is 24.0 Å². The summed E-state index contributed by atoms with van der Waals surface area (Å²) >= 11 is 0. The van der Waals surface area contributed by atoms with Gasteiger partial charge in [0.1, 0.15) is 17.0 Å². The standard InChI is InChI=1S/C22H24F3N5O2/c1-11(14-5-4-6-15(18(14)23)20(24)25)26-21-16-9-17(30-8-7-13(31)10-30)22(32-3)27-19(16)12(2)28-29-21/h4-6,9,11,13,20,31H,7-8,10H2,1-3H3,(H,26,29)/t11-,13+/m1/s1. The lowest BCUT2D eigenvalue weighted by molar-refractivity contribution is 0.146. The molecule has 2 aromatic heterocycles. The third-order valence-electron chi connectivity index (χ3n) is 5.68. The van der Waals surface area contributed by atoms with Crippen LogP contribution in [0.3, 0.4) is 0 Å². The summed E-state index contributed by atoms with van der Waals surface area (Å²) in [4.78, 5) is 6.57. The smallest absolute Gasteiger partial charge is 0.266 e. The second-order valence-electron chi connectivity index (χ2n) is 7.85. The van der Waals surface area contributed by atoms with Crippen molar-refractivity contribution in [2.75, 3.05) is 30.4 Å². The molecule has 0 aliphatic carbocycles. The van der Waals surface area contributed by atoms with Crippen molar-refractivity contribution in [3.05, 3.63) is 46.9 Å². The normalized spacial score (nSPS) is 17.2. The predicted octanol–water partition coefficient (Wildman–Crippen LogP) is 4.16. The number of hydrogen-bond donors (Lipinski definition) is 2. The van der Waals surface area contributed by atoms with Gasteiger partial charge in [0.25, 0.3) is 6.43 Å². The van der Waals surface area contributed by atoms with E-state index in [2.05, 4.69) is 20.5 Å². The van der Waals surface area contributed by atoms with Crippen LogP contribution in [0.5, 0.6) is 5.88 Å². The van der Waals surface area contributed by atoms with Crippen LogP contribution < -0.4 is 15.0 Å². The van der Waals surface area contributed by atoms with Crippen molar-refractivity contribution >= 4 is 22.4 Å². The van der Waals surface area contributed by atoms with Crippen LogP contribution in [0, 0.1) is 12.7 Å². The van der Waals surface area contributed by atoms with Crippen LogP contribution in [-0.4, -0.2) is 46.6 Å². The highest BCUT2D eigenvalue weighted by Crippen LogP contribution is 2.36. The third kappa shape index (κ3) is 4.02. The van der Waals surface area contributed by atoms with Gasteiger partial charge < -0.3 is 20.1 Å². The van der Waals surface area contributed by atoms with Gasteiger partial charge in [-0.15, -0.1) is 5.10 Å². The van der Waals surface area contributed by atoms with Gasteiger partial charge in [-0.2, -0.15) is 5.10 Å². The number of ether oxygens (including phenoxy) is 1. The number of aliphatic hydroxyl groups is 1. The molecule has 0 bridgehead atoms. The van der Waals surface area contributed by atoms with Crippen LogP contribution in [0.4, 0.5) is 24.7 Å². The number of β-amino-alcohol motifs (C(OH)–C–C–N with tert-alkyl or cyclic N) is 1. The van der Waals surface area contributed by atoms with E-state index >= 15 is 0 Å². The second-order valence-corrected chi connectivity index (χ2v) is 7.85. The first-order valence-corrected chi connectivity index (χ1v) is 10.3. The molecule has 1 fully saturated rings. The molecule has 1 aliphatic heterocycles. The number of methoxy groups -OCH3 is 1. The topological polar surface area (TPSA) is 83.4 Å². The van der Waals surface area contributed by atoms with Crippen LogP contribution in [0.15, 0.2) is 24.3 Å². The molecule has 0 spiro atoms. The molecular formula is C22H24F3N5O2. The molecule has 1 aliphatic rings. The molecule has 1 aromatic carbocycles. The van der Waals surface area contributed by atoms with Gasteiger partial charge in [0.2, 0.25) is 5.88 Å². The zero-order valence-electron chi connectivity index (χ0n) is 17.9. The highest BCUT2D eigenvalue weighted by Gasteiger charge is 2.26. The maximum atomic E-state index is 14.6. The van der Waals surface area contributed by atoms with E-state index < -0.39 is 30.0 Å². The summed E-state index contributed by atoms with van der Waals surface area (Å²) in [6.07, 6.45) is -2.70. The monoisotopic (exact) mass is 447 g/mol. The number of alkyl halides is 2. The van der Waals surface area contributed by atoms with E-state index in [1.165, 1.54) is 19.2 Å². The number of nitrogens with one attached hydrogen (secondary N) is 1. The Balaban J connectivity index is 1.76. The molecule has 2 atom stereocenters. The van der Waals surface area contributed by atoms with E-state index in [1.807, 2.05) is 11.0 Å². The zero-order valence-corrected chi connectivity index (χ0v) is 17.9. The van der Waals surface area contributed by atoms with Gasteiger partial charge in [-0.25, -0.2) is 18.2 Å². The quantitative estimate of drug-likeness (QED) is 0.587. The van der Waals surface area contributed by atoms with Gasteiger partial charge in [-0.05, 0) is 26.3 Å². The Morgan fingerprint density at radius 2 is 2.00 bits per heavy atom. The summed E-state index contributed by atoms with van der Waals surface area (Å²) in [5.74, 6) is -0.202. The minimum absolute atomic E-state index is 0.0997. The van der Waals surface area contributed by atoms with Gasteiger partial charge in [0.05, 0.1) is 30.5 Å². The van der Waals surface area contributed by atoms with Crippen molar-refractivity contribution in [2.45, 2.75) is 38.8 Å². The van der Waals surface area contributed by atoms with Gasteiger partial charge in [-0.1, -0.05) is 18.2 Å². The Morgan fingerprint density at radius 3 is 2.66 bits per heavy atom. The summed E-state index contributed by atoms with van der Waals surface area (Å²) in [7, 11) is 1.52. The summed E-state index contributed by atoms with van der Waals surface area (Å²) in [6, 6.07) is 5.13. The van der Waals surface area contributed by atoms with Crippen molar-refractivity contribution in [1.82, 2.24) is 15.2 Å². The lowest BCUT2D eigenvalue weighted by Gasteiger charge is -2.22. The van der Waals surface area contributed by atoms with Crippen molar-refractivity contribution in [1.29, 1.82) is 0 Å². The lowest BCUT2D eigenvalue weighted by Crippen LogP contribution is -2.22. The van der Waals surface area contributed by atoms with E-state index in [0.29, 0.717) is 53.5 Å². The molecule has 10 heteroatoms. The summed E-state index contributed by atoms with van der Waals surface area (Å²) in [5, 5.41) is 22.0. The Labute approximate surface area is 183 Å². The SMILES string of the molecule is COc1nc2c(C)nnc(N[C@H](C)c3cccc(C(F)F)c3F)c2cc1N1CC[C@H](O)C1. The number of anilines is 2. The van der Waals surface area contributed by atoms with Gasteiger partial charge in [-0.3, -0.25) is 0 Å². The van der Waals surface area contributed by atoms with Crippen LogP contribution in [0.1, 0.15) is 42.6 Å². The van der Waals surface area contributed by atoms with Crippen molar-refractivity contribution in [3.8, 4) is 5.88 Å². The zero-order chi connectivity index (χ0) is 23.0. The van der Waals surface area contributed by atoms with E-state index in [4.69, 9.17) is 4.74 Å². The first kappa shape index (κ1) is 22.1. The number of rotatable bonds is 6. The average molecular weight is 447 g/mol. The molecule has 3 heterocycles. The highest BCUT2D eigenvalue weighted by molar-refractivity contribution is 5.93. The second kappa shape index (κ2) is 8.78. The van der Waals surface area contributed by atoms with E-state index in [9.17, 15) is 18.3 Å². The molecule has 0 radical (unpaired) electrons. The van der Waals surface area contributed by atoms with Crippen LogP contribution in [-0.2, 0) is 0 Å². The molecular weight excluding hydrogens is 423 g/mol. The lowest BCUT2D eigenvalue weighted by atomic mass is 10.0. The molecule has 7 nitrogen and oxygen atoms in total. The fourth-order valence-corrected chi connectivity index (χ4v) is 3.97. The summed E-state index contributed by atoms with van der Waals surface area (Å²) in [5.41, 5.74) is 1.29. The number of hydrogen-bond acceptors (Lipinski definition) is 7. The molecule has 2 N–H and O–H groups in total. The number of nitrogens with zero attached hydrogens (tertiary/aromatic N) is 4. The number of aliphatic hydroxyl groups excluding tert-OH is 1. The minimum atomic E-state index is -2.91. The molecule has 0 unspecified atom stereocenters. The third-order valence-corrected chi connectivity index (χ3v) is 5.68. The van der Waals surface area contributed by atoms with Crippen molar-refractivity contribution in [2.24, 2.45) is 0 Å². The maximum absolute atomic E-state index is 14.6. The predicted molar refractivity (Wildman–Crippen MR) is 115 cm³/mol. The molecule has 0 saturated carbocycles. The van der Waals surface area contributed by atoms with Gasteiger partial charge in [0.15, 0.2) is 5.82 Å². The summed E-state index contributed by atoms with van der Waals surface area (Å²) in [6.45, 7) is 4.52. The summed E-state index contributed by atoms with van der Waals surface area (Å²) < 4.78 is 46.4. The fraction of sp³-hybridized carbons (Fsp3) is 0.409. The highest BCUT2D eigenvalue weighted by atomic mass is 19.3. The Hall–Kier alpha value is -3.14. The molecule has 170 valence electrons. The number of fused-ring (bicyclic) bond motifs is 1. The number of pyridine rings is 1. The first-order chi connectivity index (χ1) is 15.3. The number of aromatic nitrogens is 3. The van der Waals surface area contributed by atoms with Crippen molar-refractivity contribution < 1.29 is 23.0 Å². The van der Waals surface area contributed by atoms with Crippen LogP contribution in [0.2, 0.25) is 0 Å². The van der Waals surface area contributed by atoms with E-state index in [0.717, 1.165) is 6.07 Å². The molecule has 1 saturated heterocycles. The molecule has 32 heavy (non-hydrogen) atoms. The largest absolute Gasteiger partial charge is 0.480 e. The maximum Gasteiger partial charge on any atom is 0.266 e. The van der Waals surface area contributed by atoms with Crippen LogP contribution >= 0.6 is 0 Å². The number of halogens is 3. The van der Waals surface area contributed by atoms with Crippen molar-refractivity contribution in [3.63, 3.8) is 0 Å². The average Bonchev–Trinajstić information content (AvgIpc) is 3.20. The van der Waals surface area contributed by atoms with Crippen LogP contribution in [0.25, 0.3) is 10.9 Å². The fourth-order valence-electron chi connectivity index (χ4n) is 3.97.